The summed E-state index contributed by atoms with van der Waals surface area (Å²) in [6.45, 7) is 1.05. The lowest BCUT2D eigenvalue weighted by Gasteiger charge is -2.56. The number of nitrogens with zero attached hydrogens (tertiary/aromatic N) is 1. The van der Waals surface area contributed by atoms with Gasteiger partial charge in [0.05, 0.1) is 7.11 Å². The van der Waals surface area contributed by atoms with Crippen molar-refractivity contribution in [2.45, 2.75) is 36.5 Å². The highest BCUT2D eigenvalue weighted by molar-refractivity contribution is 5.62. The molecule has 0 aromatic heterocycles. The van der Waals surface area contributed by atoms with E-state index in [1.165, 1.54) is 11.1 Å². The van der Waals surface area contributed by atoms with Crippen LogP contribution in [-0.4, -0.2) is 63.2 Å². The zero-order valence-electron chi connectivity index (χ0n) is 15.4. The molecule has 1 aromatic carbocycles. The van der Waals surface area contributed by atoms with Gasteiger partial charge in [-0.1, -0.05) is 18.2 Å². The number of ether oxygens (including phenoxy) is 3. The summed E-state index contributed by atoms with van der Waals surface area (Å²) in [4.78, 5) is 2.47. The standard InChI is InChI=1S/C18H21NO3.C2H6O/c1-19-8-7-18-11-4-5-13(20)17(18)22-16-14(21-2)6-3-10(15(16)18)9-12(11)19;1-3-2/h3-6,11-13,17,20H,7-9H2,1-2H3;1-2H3/t11-,12+,13-,17-,18-;/m0./s1. The average molecular weight is 345 g/mol. The fraction of sp³-hybridized carbons (Fsp3) is 0.600. The summed E-state index contributed by atoms with van der Waals surface area (Å²) in [5.74, 6) is 2.09. The number of likely N-dealkylation sites (N-methyl/N-ethyl adjacent to an activating group) is 1. The van der Waals surface area contributed by atoms with Crippen LogP contribution in [0.5, 0.6) is 11.5 Å². The lowest BCUT2D eigenvalue weighted by atomic mass is 9.53. The van der Waals surface area contributed by atoms with Crippen LogP contribution in [-0.2, 0) is 16.6 Å². The van der Waals surface area contributed by atoms with E-state index < -0.39 is 6.10 Å². The Balaban J connectivity index is 0.000000490. The number of hydrogen-bond donors (Lipinski definition) is 1. The molecule has 0 unspecified atom stereocenters. The van der Waals surface area contributed by atoms with E-state index in [2.05, 4.69) is 28.8 Å². The van der Waals surface area contributed by atoms with Crippen LogP contribution in [0.4, 0.5) is 0 Å². The van der Waals surface area contributed by atoms with Crippen molar-refractivity contribution in [2.75, 3.05) is 34.9 Å². The lowest BCUT2D eigenvalue weighted by Crippen LogP contribution is -2.64. The van der Waals surface area contributed by atoms with E-state index in [4.69, 9.17) is 9.47 Å². The molecule has 2 aliphatic heterocycles. The first-order valence-corrected chi connectivity index (χ1v) is 8.92. The number of likely N-dealkylation sites (tertiary alicyclic amines) is 1. The SMILES string of the molecule is COC.COc1ccc2c3c1O[C@H]1[C@@H](O)C=C[C@H]4[C@@H](C2)N(C)CC[C@@]341. The first-order valence-electron chi connectivity index (χ1n) is 8.92. The minimum absolute atomic E-state index is 0.0806. The Bertz CT molecular complexity index is 703. The molecule has 0 saturated carbocycles. The first kappa shape index (κ1) is 16.9. The van der Waals surface area contributed by atoms with Crippen molar-refractivity contribution >= 4 is 0 Å². The Morgan fingerprint density at radius 1 is 1.24 bits per heavy atom. The number of benzene rings is 1. The molecule has 1 fully saturated rings. The Hall–Kier alpha value is -1.56. The lowest BCUT2D eigenvalue weighted by molar-refractivity contribution is -0.0453. The van der Waals surface area contributed by atoms with Crippen LogP contribution in [0.3, 0.4) is 0 Å². The summed E-state index contributed by atoms with van der Waals surface area (Å²) in [5, 5.41) is 10.6. The molecule has 25 heavy (non-hydrogen) atoms. The topological polar surface area (TPSA) is 51.2 Å². The molecule has 2 heterocycles. The van der Waals surface area contributed by atoms with E-state index in [0.717, 1.165) is 30.9 Å². The van der Waals surface area contributed by atoms with Gasteiger partial charge >= 0.3 is 0 Å². The zero-order valence-corrected chi connectivity index (χ0v) is 15.4. The molecular formula is C20H27NO4. The minimum Gasteiger partial charge on any atom is -0.493 e. The molecule has 0 amide bonds. The number of methoxy groups -OCH3 is 2. The van der Waals surface area contributed by atoms with Crippen molar-refractivity contribution in [1.29, 1.82) is 0 Å². The van der Waals surface area contributed by atoms with Crippen LogP contribution < -0.4 is 9.47 Å². The quantitative estimate of drug-likeness (QED) is 0.786. The van der Waals surface area contributed by atoms with Crippen molar-refractivity contribution in [3.8, 4) is 11.5 Å². The van der Waals surface area contributed by atoms with Crippen molar-refractivity contribution in [1.82, 2.24) is 4.90 Å². The molecule has 1 spiro atoms. The average Bonchev–Trinajstić information content (AvgIpc) is 2.96. The molecule has 5 rings (SSSR count). The van der Waals surface area contributed by atoms with Gasteiger partial charge in [0.25, 0.3) is 0 Å². The van der Waals surface area contributed by atoms with E-state index >= 15 is 0 Å². The predicted molar refractivity (Wildman–Crippen MR) is 95.4 cm³/mol. The van der Waals surface area contributed by atoms with E-state index in [0.29, 0.717) is 12.0 Å². The highest BCUT2D eigenvalue weighted by Gasteiger charge is 2.64. The van der Waals surface area contributed by atoms with Crippen molar-refractivity contribution in [2.24, 2.45) is 5.92 Å². The minimum atomic E-state index is -0.539. The maximum atomic E-state index is 10.6. The van der Waals surface area contributed by atoms with Crippen LogP contribution in [0.15, 0.2) is 24.3 Å². The summed E-state index contributed by atoms with van der Waals surface area (Å²) >= 11 is 0. The molecule has 2 aliphatic carbocycles. The Morgan fingerprint density at radius 3 is 2.72 bits per heavy atom. The largest absolute Gasteiger partial charge is 0.493 e. The van der Waals surface area contributed by atoms with E-state index in [-0.39, 0.29) is 11.5 Å². The molecule has 0 radical (unpaired) electrons. The molecule has 5 atom stereocenters. The summed E-state index contributed by atoms with van der Waals surface area (Å²) in [5.41, 5.74) is 2.60. The molecule has 136 valence electrons. The van der Waals surface area contributed by atoms with E-state index in [1.54, 1.807) is 21.3 Å². The molecule has 4 aliphatic rings. The Kier molecular flexibility index (Phi) is 4.06. The van der Waals surface area contributed by atoms with Gasteiger partial charge in [-0.15, -0.1) is 0 Å². The first-order chi connectivity index (χ1) is 12.1. The summed E-state index contributed by atoms with van der Waals surface area (Å²) in [6.07, 6.45) is 5.54. The summed E-state index contributed by atoms with van der Waals surface area (Å²) in [7, 11) is 7.16. The molecule has 1 saturated heterocycles. The Morgan fingerprint density at radius 2 is 2.00 bits per heavy atom. The third kappa shape index (κ3) is 2.12. The van der Waals surface area contributed by atoms with Crippen LogP contribution in [0, 0.1) is 5.92 Å². The second-order valence-electron chi connectivity index (χ2n) is 7.52. The number of rotatable bonds is 1. The maximum Gasteiger partial charge on any atom is 0.165 e. The van der Waals surface area contributed by atoms with Gasteiger partial charge < -0.3 is 24.2 Å². The van der Waals surface area contributed by atoms with Gasteiger partial charge in [-0.05, 0) is 38.1 Å². The van der Waals surface area contributed by atoms with Gasteiger partial charge in [0.15, 0.2) is 11.5 Å². The highest BCUT2D eigenvalue weighted by Crippen LogP contribution is 2.62. The van der Waals surface area contributed by atoms with Gasteiger partial charge in [-0.25, -0.2) is 0 Å². The third-order valence-electron chi connectivity index (χ3n) is 6.35. The van der Waals surface area contributed by atoms with Gasteiger partial charge in [-0.2, -0.15) is 0 Å². The van der Waals surface area contributed by atoms with Crippen LogP contribution in [0.1, 0.15) is 17.5 Å². The molecule has 5 heteroatoms. The normalized spacial score (nSPS) is 36.8. The van der Waals surface area contributed by atoms with E-state index in [9.17, 15) is 5.11 Å². The van der Waals surface area contributed by atoms with Gasteiger partial charge in [0, 0.05) is 37.2 Å². The smallest absolute Gasteiger partial charge is 0.165 e. The second-order valence-corrected chi connectivity index (χ2v) is 7.52. The maximum absolute atomic E-state index is 10.6. The number of piperidine rings is 1. The van der Waals surface area contributed by atoms with Crippen LogP contribution in [0.2, 0.25) is 0 Å². The summed E-state index contributed by atoms with van der Waals surface area (Å²) < 4.78 is 16.1. The zero-order chi connectivity index (χ0) is 17.8. The summed E-state index contributed by atoms with van der Waals surface area (Å²) in [6, 6.07) is 4.70. The monoisotopic (exact) mass is 345 g/mol. The third-order valence-corrected chi connectivity index (χ3v) is 6.35. The van der Waals surface area contributed by atoms with Gasteiger partial charge in [0.2, 0.25) is 0 Å². The molecule has 2 bridgehead atoms. The van der Waals surface area contributed by atoms with Crippen LogP contribution in [0.25, 0.3) is 0 Å². The molecular weight excluding hydrogens is 318 g/mol. The van der Waals surface area contributed by atoms with Crippen molar-refractivity contribution in [3.63, 3.8) is 0 Å². The molecule has 1 N–H and O–H groups in total. The van der Waals surface area contributed by atoms with Crippen molar-refractivity contribution in [3.05, 3.63) is 35.4 Å². The molecule has 5 nitrogen and oxygen atoms in total. The van der Waals surface area contributed by atoms with Gasteiger partial charge in [-0.3, -0.25) is 0 Å². The molecule has 1 aromatic rings. The Labute approximate surface area is 149 Å². The second kappa shape index (κ2) is 6.01. The van der Waals surface area contributed by atoms with Gasteiger partial charge in [0.1, 0.15) is 12.2 Å². The number of aliphatic hydroxyl groups excluding tert-OH is 1. The fourth-order valence-corrected chi connectivity index (χ4v) is 5.39. The number of aliphatic hydroxyl groups is 1. The van der Waals surface area contributed by atoms with Crippen LogP contribution >= 0.6 is 0 Å². The number of hydrogen-bond acceptors (Lipinski definition) is 5. The fourth-order valence-electron chi connectivity index (χ4n) is 5.39. The predicted octanol–water partition coefficient (Wildman–Crippen LogP) is 1.76. The highest BCUT2D eigenvalue weighted by atomic mass is 16.5. The van der Waals surface area contributed by atoms with E-state index in [1.807, 2.05) is 12.1 Å². The van der Waals surface area contributed by atoms with Crippen molar-refractivity contribution < 1.29 is 19.3 Å².